The molecular weight excluding hydrogens is 368 g/mol. The summed E-state index contributed by atoms with van der Waals surface area (Å²) in [6, 6.07) is 15.1. The summed E-state index contributed by atoms with van der Waals surface area (Å²) in [4.78, 5) is 15.7. The maximum absolute atomic E-state index is 11.3. The second kappa shape index (κ2) is 9.76. The van der Waals surface area contributed by atoms with Crippen molar-refractivity contribution in [1.82, 2.24) is 4.90 Å². The molecule has 0 fully saturated rings. The van der Waals surface area contributed by atoms with Crippen LogP contribution >= 0.6 is 0 Å². The Labute approximate surface area is 172 Å². The Kier molecular flexibility index (Phi) is 7.12. The maximum atomic E-state index is 11.3. The standard InChI is InChI=1S/C23H30N2O4/c1-4-25-15-21(29-23-8-6-5-7-22(23)25)14-24(3)13-19(27)16-28-20-11-9-18(10-12-20)17(2)26/h5-12,19,21,27H,4,13-16H2,1-3H3/t19-,21-/m1/s1. The number of ether oxygens (including phenoxy) is 2. The molecule has 0 aliphatic carbocycles. The number of para-hydroxylation sites is 2. The van der Waals surface area contributed by atoms with Crippen LogP contribution in [0, 0.1) is 0 Å². The van der Waals surface area contributed by atoms with Crippen LogP contribution in [0.4, 0.5) is 5.69 Å². The lowest BCUT2D eigenvalue weighted by Crippen LogP contribution is -2.47. The van der Waals surface area contributed by atoms with Crippen molar-refractivity contribution < 1.29 is 19.4 Å². The predicted octanol–water partition coefficient (Wildman–Crippen LogP) is 2.85. The van der Waals surface area contributed by atoms with Crippen LogP contribution in [0.1, 0.15) is 24.2 Å². The molecule has 1 aliphatic rings. The first-order valence-corrected chi connectivity index (χ1v) is 10.1. The van der Waals surface area contributed by atoms with Gasteiger partial charge >= 0.3 is 0 Å². The average molecular weight is 399 g/mol. The fraction of sp³-hybridized carbons (Fsp3) is 0.435. The van der Waals surface area contributed by atoms with Gasteiger partial charge in [-0.1, -0.05) is 12.1 Å². The molecule has 2 atom stereocenters. The quantitative estimate of drug-likeness (QED) is 0.656. The topological polar surface area (TPSA) is 62.2 Å². The third-order valence-electron chi connectivity index (χ3n) is 5.05. The zero-order valence-corrected chi connectivity index (χ0v) is 17.4. The Morgan fingerprint density at radius 3 is 2.69 bits per heavy atom. The van der Waals surface area contributed by atoms with Gasteiger partial charge < -0.3 is 19.5 Å². The molecule has 0 bridgehead atoms. The van der Waals surface area contributed by atoms with Crippen molar-refractivity contribution in [2.24, 2.45) is 0 Å². The second-order valence-electron chi connectivity index (χ2n) is 7.51. The molecule has 2 aromatic carbocycles. The number of hydrogen-bond acceptors (Lipinski definition) is 6. The number of aliphatic hydroxyl groups is 1. The first-order chi connectivity index (χ1) is 14.0. The van der Waals surface area contributed by atoms with E-state index in [0.717, 1.165) is 31.1 Å². The molecule has 156 valence electrons. The number of hydrogen-bond donors (Lipinski definition) is 1. The fourth-order valence-electron chi connectivity index (χ4n) is 3.59. The van der Waals surface area contributed by atoms with Crippen LogP contribution in [-0.2, 0) is 0 Å². The molecule has 0 amide bonds. The molecule has 0 saturated carbocycles. The number of nitrogens with zero attached hydrogens (tertiary/aromatic N) is 2. The highest BCUT2D eigenvalue weighted by molar-refractivity contribution is 5.94. The van der Waals surface area contributed by atoms with E-state index in [0.29, 0.717) is 17.9 Å². The van der Waals surface area contributed by atoms with Crippen molar-refractivity contribution >= 4 is 11.5 Å². The van der Waals surface area contributed by atoms with Gasteiger partial charge in [-0.05, 0) is 57.3 Å². The summed E-state index contributed by atoms with van der Waals surface area (Å²) in [7, 11) is 1.98. The Morgan fingerprint density at radius 2 is 2.00 bits per heavy atom. The first kappa shape index (κ1) is 21.1. The monoisotopic (exact) mass is 398 g/mol. The van der Waals surface area contributed by atoms with Crippen molar-refractivity contribution in [3.63, 3.8) is 0 Å². The van der Waals surface area contributed by atoms with Gasteiger partial charge in [0.1, 0.15) is 30.3 Å². The van der Waals surface area contributed by atoms with Crippen LogP contribution in [-0.4, -0.2) is 67.8 Å². The van der Waals surface area contributed by atoms with E-state index in [4.69, 9.17) is 9.47 Å². The minimum Gasteiger partial charge on any atom is -0.491 e. The minimum absolute atomic E-state index is 0.0207. The summed E-state index contributed by atoms with van der Waals surface area (Å²) in [6.45, 7) is 6.83. The molecule has 1 aliphatic heterocycles. The highest BCUT2D eigenvalue weighted by Gasteiger charge is 2.25. The fourth-order valence-corrected chi connectivity index (χ4v) is 3.59. The van der Waals surface area contributed by atoms with Gasteiger partial charge in [0.15, 0.2) is 5.78 Å². The molecule has 0 spiro atoms. The van der Waals surface area contributed by atoms with Gasteiger partial charge in [-0.25, -0.2) is 0 Å². The molecule has 6 heteroatoms. The third kappa shape index (κ3) is 5.71. The third-order valence-corrected chi connectivity index (χ3v) is 5.05. The number of fused-ring (bicyclic) bond motifs is 1. The molecule has 0 saturated heterocycles. The van der Waals surface area contributed by atoms with E-state index < -0.39 is 6.10 Å². The van der Waals surface area contributed by atoms with Crippen molar-refractivity contribution in [3.05, 3.63) is 54.1 Å². The number of carbonyl (C=O) groups is 1. The zero-order chi connectivity index (χ0) is 20.8. The van der Waals surface area contributed by atoms with Crippen molar-refractivity contribution in [3.8, 4) is 11.5 Å². The van der Waals surface area contributed by atoms with Crippen LogP contribution in [0.25, 0.3) is 0 Å². The average Bonchev–Trinajstić information content (AvgIpc) is 2.71. The largest absolute Gasteiger partial charge is 0.491 e. The van der Waals surface area contributed by atoms with Crippen LogP contribution in [0.3, 0.4) is 0 Å². The smallest absolute Gasteiger partial charge is 0.159 e. The lowest BCUT2D eigenvalue weighted by Gasteiger charge is -2.37. The number of likely N-dealkylation sites (N-methyl/N-ethyl adjacent to an activating group) is 2. The number of Topliss-reactive ketones (excluding diaryl/α,β-unsaturated/α-hetero) is 1. The van der Waals surface area contributed by atoms with E-state index in [-0.39, 0.29) is 18.5 Å². The summed E-state index contributed by atoms with van der Waals surface area (Å²) < 4.78 is 11.8. The van der Waals surface area contributed by atoms with E-state index >= 15 is 0 Å². The molecule has 0 unspecified atom stereocenters. The van der Waals surface area contributed by atoms with E-state index in [1.807, 2.05) is 25.2 Å². The van der Waals surface area contributed by atoms with Crippen molar-refractivity contribution in [2.75, 3.05) is 44.7 Å². The molecular formula is C23H30N2O4. The van der Waals surface area contributed by atoms with Gasteiger partial charge in [-0.2, -0.15) is 0 Å². The highest BCUT2D eigenvalue weighted by atomic mass is 16.5. The van der Waals surface area contributed by atoms with Crippen molar-refractivity contribution in [1.29, 1.82) is 0 Å². The normalized spacial score (nSPS) is 16.9. The predicted molar refractivity (Wildman–Crippen MR) is 114 cm³/mol. The Balaban J connectivity index is 1.46. The summed E-state index contributed by atoms with van der Waals surface area (Å²) in [6.07, 6.45) is -0.576. The van der Waals surface area contributed by atoms with E-state index in [1.165, 1.54) is 6.92 Å². The van der Waals surface area contributed by atoms with Crippen LogP contribution in [0.2, 0.25) is 0 Å². The molecule has 1 N–H and O–H groups in total. The van der Waals surface area contributed by atoms with Gasteiger partial charge in [-0.3, -0.25) is 9.69 Å². The van der Waals surface area contributed by atoms with Gasteiger partial charge in [0, 0.05) is 25.2 Å². The first-order valence-electron chi connectivity index (χ1n) is 10.1. The summed E-state index contributed by atoms with van der Waals surface area (Å²) in [5.41, 5.74) is 1.78. The van der Waals surface area contributed by atoms with Crippen molar-refractivity contribution in [2.45, 2.75) is 26.1 Å². The van der Waals surface area contributed by atoms with Crippen LogP contribution in [0.5, 0.6) is 11.5 Å². The molecule has 6 nitrogen and oxygen atoms in total. The van der Waals surface area contributed by atoms with Gasteiger partial charge in [-0.15, -0.1) is 0 Å². The van der Waals surface area contributed by atoms with E-state index in [9.17, 15) is 9.90 Å². The Bertz CT molecular complexity index is 809. The highest BCUT2D eigenvalue weighted by Crippen LogP contribution is 2.32. The number of rotatable bonds is 9. The summed E-state index contributed by atoms with van der Waals surface area (Å²) >= 11 is 0. The van der Waals surface area contributed by atoms with Crippen LogP contribution in [0.15, 0.2) is 48.5 Å². The molecule has 0 aromatic heterocycles. The van der Waals surface area contributed by atoms with E-state index in [1.54, 1.807) is 24.3 Å². The van der Waals surface area contributed by atoms with E-state index in [2.05, 4.69) is 22.8 Å². The minimum atomic E-state index is -0.620. The molecule has 1 heterocycles. The molecule has 3 rings (SSSR count). The molecule has 29 heavy (non-hydrogen) atoms. The lowest BCUT2D eigenvalue weighted by atomic mass is 10.1. The number of anilines is 1. The Hall–Kier alpha value is -2.57. The molecule has 2 aromatic rings. The lowest BCUT2D eigenvalue weighted by molar-refractivity contribution is 0.0606. The van der Waals surface area contributed by atoms with Gasteiger partial charge in [0.05, 0.1) is 12.2 Å². The Morgan fingerprint density at radius 1 is 1.28 bits per heavy atom. The summed E-state index contributed by atoms with van der Waals surface area (Å²) in [5, 5.41) is 10.3. The van der Waals surface area contributed by atoms with Gasteiger partial charge in [0.2, 0.25) is 0 Å². The number of aliphatic hydroxyl groups excluding tert-OH is 1. The maximum Gasteiger partial charge on any atom is 0.159 e. The zero-order valence-electron chi connectivity index (χ0n) is 17.4. The van der Waals surface area contributed by atoms with Gasteiger partial charge in [0.25, 0.3) is 0 Å². The number of ketones is 1. The van der Waals surface area contributed by atoms with Crippen LogP contribution < -0.4 is 14.4 Å². The molecule has 0 radical (unpaired) electrons. The second-order valence-corrected chi connectivity index (χ2v) is 7.51. The summed E-state index contributed by atoms with van der Waals surface area (Å²) in [5.74, 6) is 1.58. The number of carbonyl (C=O) groups excluding carboxylic acids is 1. The number of benzene rings is 2. The SMILES string of the molecule is CCN1C[C@@H](CN(C)C[C@@H](O)COc2ccc(C(C)=O)cc2)Oc2ccccc21.